The zero-order chi connectivity index (χ0) is 20.9. The van der Waals surface area contributed by atoms with Crippen molar-refractivity contribution in [2.75, 3.05) is 7.11 Å². The number of hydrogen-bond donors (Lipinski definition) is 1. The molecule has 4 rings (SSSR count). The van der Waals surface area contributed by atoms with E-state index in [4.69, 9.17) is 9.15 Å². The van der Waals surface area contributed by atoms with E-state index in [9.17, 15) is 4.79 Å². The van der Waals surface area contributed by atoms with Crippen LogP contribution in [-0.2, 0) is 18.3 Å². The summed E-state index contributed by atoms with van der Waals surface area (Å²) in [5.74, 6) is 2.27. The van der Waals surface area contributed by atoms with E-state index in [1.165, 1.54) is 0 Å². The van der Waals surface area contributed by atoms with Crippen LogP contribution in [0.3, 0.4) is 0 Å². The summed E-state index contributed by atoms with van der Waals surface area (Å²) in [7, 11) is 3.52. The summed E-state index contributed by atoms with van der Waals surface area (Å²) < 4.78 is 12.8. The molecule has 0 aliphatic rings. The number of aryl methyl sites for hydroxylation is 2. The van der Waals surface area contributed by atoms with Crippen molar-refractivity contribution >= 4 is 17.2 Å². The Morgan fingerprint density at radius 2 is 2.10 bits per heavy atom. The molecule has 0 spiro atoms. The lowest BCUT2D eigenvalue weighted by Gasteiger charge is -2.19. The second kappa shape index (κ2) is 8.91. The van der Waals surface area contributed by atoms with Gasteiger partial charge in [-0.2, -0.15) is 11.3 Å². The fraction of sp³-hybridized carbons (Fsp3) is 0.238. The van der Waals surface area contributed by atoms with Crippen molar-refractivity contribution in [1.29, 1.82) is 0 Å². The van der Waals surface area contributed by atoms with Crippen LogP contribution in [-0.4, -0.2) is 32.8 Å². The first-order valence-corrected chi connectivity index (χ1v) is 10.3. The fourth-order valence-corrected chi connectivity index (χ4v) is 3.69. The number of benzene rings is 1. The quantitative estimate of drug-likeness (QED) is 0.467. The van der Waals surface area contributed by atoms with Crippen LogP contribution in [0, 0.1) is 0 Å². The summed E-state index contributed by atoms with van der Waals surface area (Å²) in [5.41, 5.74) is 1.80. The lowest BCUT2D eigenvalue weighted by Crippen LogP contribution is -2.31. The fourth-order valence-electron chi connectivity index (χ4n) is 3.06. The smallest absolute Gasteiger partial charge is 0.248 e. The first kappa shape index (κ1) is 19.8. The molecule has 30 heavy (non-hydrogen) atoms. The van der Waals surface area contributed by atoms with E-state index in [0.29, 0.717) is 18.2 Å². The second-order valence-electron chi connectivity index (χ2n) is 6.68. The van der Waals surface area contributed by atoms with Crippen molar-refractivity contribution < 1.29 is 13.9 Å². The maximum atomic E-state index is 12.7. The molecule has 9 heteroatoms. The average Bonchev–Trinajstić information content (AvgIpc) is 3.52. The van der Waals surface area contributed by atoms with Gasteiger partial charge in [0.2, 0.25) is 17.7 Å². The number of thiophene rings is 1. The molecule has 0 saturated heterocycles. The molecule has 0 aliphatic carbocycles. The Hall–Kier alpha value is -3.46. The van der Waals surface area contributed by atoms with Crippen molar-refractivity contribution in [3.63, 3.8) is 0 Å². The first-order valence-electron chi connectivity index (χ1n) is 9.39. The predicted octanol–water partition coefficient (Wildman–Crippen LogP) is 3.38. The topological polar surface area (TPSA) is 95.1 Å². The Balaban J connectivity index is 1.44. The van der Waals surface area contributed by atoms with Crippen LogP contribution in [0.4, 0.5) is 0 Å². The van der Waals surface area contributed by atoms with E-state index < -0.39 is 0 Å². The molecule has 1 amide bonds. The van der Waals surface area contributed by atoms with Gasteiger partial charge in [-0.25, -0.2) is 4.98 Å². The minimum atomic E-state index is -0.382. The number of rotatable bonds is 8. The summed E-state index contributed by atoms with van der Waals surface area (Å²) in [6, 6.07) is 9.10. The van der Waals surface area contributed by atoms with E-state index in [-0.39, 0.29) is 18.4 Å². The summed E-state index contributed by atoms with van der Waals surface area (Å²) >= 11 is 1.56. The Labute approximate surface area is 177 Å². The minimum Gasteiger partial charge on any atom is -0.497 e. The number of nitrogens with zero attached hydrogens (tertiary/aromatic N) is 4. The van der Waals surface area contributed by atoms with E-state index in [1.54, 1.807) is 24.6 Å². The lowest BCUT2D eigenvalue weighted by atomic mass is 10.1. The number of aromatic nitrogens is 4. The van der Waals surface area contributed by atoms with Gasteiger partial charge in [0, 0.05) is 43.2 Å². The third-order valence-corrected chi connectivity index (χ3v) is 5.36. The van der Waals surface area contributed by atoms with Crippen molar-refractivity contribution in [3.8, 4) is 17.2 Å². The Kier molecular flexibility index (Phi) is 5.89. The van der Waals surface area contributed by atoms with Crippen LogP contribution in [0.15, 0.2) is 57.9 Å². The van der Waals surface area contributed by atoms with Crippen molar-refractivity contribution in [3.05, 3.63) is 70.8 Å². The molecular weight excluding hydrogens is 402 g/mol. The Bertz CT molecular complexity index is 1100. The molecule has 0 saturated carbocycles. The van der Waals surface area contributed by atoms with E-state index in [0.717, 1.165) is 22.7 Å². The molecule has 8 nitrogen and oxygen atoms in total. The molecular formula is C21H21N5O3S. The third-order valence-electron chi connectivity index (χ3n) is 4.67. The van der Waals surface area contributed by atoms with Gasteiger partial charge < -0.3 is 19.0 Å². The minimum absolute atomic E-state index is 0.130. The largest absolute Gasteiger partial charge is 0.497 e. The molecule has 3 aromatic heterocycles. The molecule has 1 aromatic carbocycles. The van der Waals surface area contributed by atoms with Gasteiger partial charge in [-0.3, -0.25) is 4.79 Å². The van der Waals surface area contributed by atoms with Gasteiger partial charge in [0.15, 0.2) is 0 Å². The standard InChI is InChI=1S/C21H21N5O3S/c1-26-11-10-22-20(26)19(14-3-5-16(28-2)6-4-14)23-17(27)7-8-18-24-25-21(29-18)15-9-12-30-13-15/h3-6,9-13,19H,7-8H2,1-2H3,(H,23,27). The van der Waals surface area contributed by atoms with Gasteiger partial charge in [0.05, 0.1) is 7.11 Å². The van der Waals surface area contributed by atoms with Gasteiger partial charge in [-0.1, -0.05) is 12.1 Å². The van der Waals surface area contributed by atoms with Crippen LogP contribution in [0.1, 0.15) is 29.7 Å². The number of carbonyl (C=O) groups is 1. The van der Waals surface area contributed by atoms with Gasteiger partial charge >= 0.3 is 0 Å². The summed E-state index contributed by atoms with van der Waals surface area (Å²) in [6.45, 7) is 0. The van der Waals surface area contributed by atoms with Crippen molar-refractivity contribution in [2.45, 2.75) is 18.9 Å². The maximum Gasteiger partial charge on any atom is 0.248 e. The maximum absolute atomic E-state index is 12.7. The first-order chi connectivity index (χ1) is 14.6. The number of ether oxygens (including phenoxy) is 1. The van der Waals surface area contributed by atoms with Crippen LogP contribution in [0.25, 0.3) is 11.5 Å². The van der Waals surface area contributed by atoms with E-state index in [1.807, 2.05) is 58.9 Å². The zero-order valence-corrected chi connectivity index (χ0v) is 17.4. The summed E-state index contributed by atoms with van der Waals surface area (Å²) in [6.07, 6.45) is 4.14. The number of carbonyl (C=O) groups excluding carboxylic acids is 1. The molecule has 4 aromatic rings. The van der Waals surface area contributed by atoms with Gasteiger partial charge in [-0.05, 0) is 29.1 Å². The van der Waals surface area contributed by atoms with Gasteiger partial charge in [-0.15, -0.1) is 10.2 Å². The molecule has 1 unspecified atom stereocenters. The Morgan fingerprint density at radius 1 is 1.27 bits per heavy atom. The molecule has 0 radical (unpaired) electrons. The number of amides is 1. The monoisotopic (exact) mass is 423 g/mol. The van der Waals surface area contributed by atoms with Crippen LogP contribution < -0.4 is 10.1 Å². The number of nitrogens with one attached hydrogen (secondary N) is 1. The highest BCUT2D eigenvalue weighted by Crippen LogP contribution is 2.24. The van der Waals surface area contributed by atoms with Gasteiger partial charge in [0.1, 0.15) is 17.6 Å². The van der Waals surface area contributed by atoms with Crippen LogP contribution in [0.5, 0.6) is 5.75 Å². The Morgan fingerprint density at radius 3 is 2.77 bits per heavy atom. The number of hydrogen-bond acceptors (Lipinski definition) is 7. The highest BCUT2D eigenvalue weighted by Gasteiger charge is 2.21. The lowest BCUT2D eigenvalue weighted by molar-refractivity contribution is -0.121. The molecule has 3 heterocycles. The molecule has 1 atom stereocenters. The molecule has 0 bridgehead atoms. The molecule has 0 fully saturated rings. The zero-order valence-electron chi connectivity index (χ0n) is 16.6. The highest BCUT2D eigenvalue weighted by atomic mass is 32.1. The number of imidazole rings is 1. The van der Waals surface area contributed by atoms with Crippen LogP contribution in [0.2, 0.25) is 0 Å². The van der Waals surface area contributed by atoms with Crippen molar-refractivity contribution in [2.24, 2.45) is 7.05 Å². The third kappa shape index (κ3) is 4.41. The van der Waals surface area contributed by atoms with Gasteiger partial charge in [0.25, 0.3) is 0 Å². The van der Waals surface area contributed by atoms with E-state index >= 15 is 0 Å². The average molecular weight is 423 g/mol. The predicted molar refractivity (Wildman–Crippen MR) is 112 cm³/mol. The molecule has 0 aliphatic heterocycles. The summed E-state index contributed by atoms with van der Waals surface area (Å²) in [5, 5.41) is 15.0. The van der Waals surface area contributed by atoms with Crippen LogP contribution >= 0.6 is 11.3 Å². The highest BCUT2D eigenvalue weighted by molar-refractivity contribution is 7.08. The number of methoxy groups -OCH3 is 1. The molecule has 1 N–H and O–H groups in total. The normalized spacial score (nSPS) is 11.9. The van der Waals surface area contributed by atoms with Crippen molar-refractivity contribution in [1.82, 2.24) is 25.1 Å². The summed E-state index contributed by atoms with van der Waals surface area (Å²) in [4.78, 5) is 17.1. The molecule has 154 valence electrons. The van der Waals surface area contributed by atoms with E-state index in [2.05, 4.69) is 20.5 Å². The second-order valence-corrected chi connectivity index (χ2v) is 7.46. The SMILES string of the molecule is COc1ccc(C(NC(=O)CCc2nnc(-c3ccsc3)o2)c2nccn2C)cc1.